The van der Waals surface area contributed by atoms with Gasteiger partial charge in [0, 0.05) is 10.8 Å². The lowest BCUT2D eigenvalue weighted by atomic mass is 10.3. The van der Waals surface area contributed by atoms with Gasteiger partial charge in [-0.1, -0.05) is 22.6 Å². The highest BCUT2D eigenvalue weighted by atomic mass is 127. The van der Waals surface area contributed by atoms with Crippen molar-refractivity contribution in [3.63, 3.8) is 0 Å². The number of ether oxygens (including phenoxy) is 1. The summed E-state index contributed by atoms with van der Waals surface area (Å²) in [6.45, 7) is 1.40. The average Bonchev–Trinajstić information content (AvgIpc) is 1.98. The molecule has 3 nitrogen and oxygen atoms in total. The molecular weight excluding hydrogens is 408 g/mol. The normalized spacial score (nSPS) is 10.6. The first kappa shape index (κ1) is 17.3. The second-order valence-corrected chi connectivity index (χ2v) is 5.11. The zero-order valence-corrected chi connectivity index (χ0v) is 13.4. The molecule has 0 aliphatic carbocycles. The standard InChI is InChI=1S/C9H19INO2.HI/c1-11(2,3)7-8-13-9(12)5-4-6-10;/h4-8H2,1-3H3;1H/q+1;/p-1. The van der Waals surface area contributed by atoms with Gasteiger partial charge >= 0.3 is 5.97 Å². The van der Waals surface area contributed by atoms with E-state index in [9.17, 15) is 4.79 Å². The maximum atomic E-state index is 11.1. The molecule has 0 atom stereocenters. The number of alkyl halides is 1. The van der Waals surface area contributed by atoms with Crippen molar-refractivity contribution in [3.8, 4) is 0 Å². The van der Waals surface area contributed by atoms with Gasteiger partial charge in [0.05, 0.1) is 21.1 Å². The minimum atomic E-state index is -0.0647. The van der Waals surface area contributed by atoms with Crippen LogP contribution in [-0.4, -0.2) is 49.2 Å². The fraction of sp³-hybridized carbons (Fsp3) is 0.889. The van der Waals surface area contributed by atoms with Gasteiger partial charge in [-0.25, -0.2) is 0 Å². The molecule has 0 aromatic heterocycles. The average molecular weight is 427 g/mol. The van der Waals surface area contributed by atoms with Crippen LogP contribution < -0.4 is 24.0 Å². The van der Waals surface area contributed by atoms with Crippen LogP contribution in [0.1, 0.15) is 12.8 Å². The summed E-state index contributed by atoms with van der Waals surface area (Å²) in [6.07, 6.45) is 1.48. The molecule has 0 radical (unpaired) electrons. The third-order valence-corrected chi connectivity index (χ3v) is 2.30. The van der Waals surface area contributed by atoms with Gasteiger partial charge in [0.2, 0.25) is 0 Å². The van der Waals surface area contributed by atoms with E-state index in [0.29, 0.717) is 13.0 Å². The van der Waals surface area contributed by atoms with Crippen LogP contribution in [0.2, 0.25) is 0 Å². The van der Waals surface area contributed by atoms with Gasteiger partial charge in [-0.05, 0) is 6.42 Å². The van der Waals surface area contributed by atoms with Gasteiger partial charge in [0.15, 0.2) is 0 Å². The molecule has 0 heterocycles. The maximum absolute atomic E-state index is 11.1. The Balaban J connectivity index is 0. The van der Waals surface area contributed by atoms with Crippen molar-refractivity contribution in [2.45, 2.75) is 12.8 Å². The van der Waals surface area contributed by atoms with Crippen LogP contribution in [0.15, 0.2) is 0 Å². The fourth-order valence-electron chi connectivity index (χ4n) is 0.717. The fourth-order valence-corrected chi connectivity index (χ4v) is 1.10. The number of quaternary nitrogens is 1. The SMILES string of the molecule is C[N+](C)(C)CCOC(=O)CCCI.[I-]. The number of esters is 1. The Kier molecular flexibility index (Phi) is 11.3. The number of nitrogens with zero attached hydrogens (tertiary/aromatic N) is 1. The van der Waals surface area contributed by atoms with Crippen LogP contribution in [0.3, 0.4) is 0 Å². The number of halogens is 2. The predicted molar refractivity (Wildman–Crippen MR) is 62.0 cm³/mol. The summed E-state index contributed by atoms with van der Waals surface area (Å²) in [5, 5.41) is 0. The van der Waals surface area contributed by atoms with Crippen molar-refractivity contribution in [3.05, 3.63) is 0 Å². The molecule has 0 amide bonds. The van der Waals surface area contributed by atoms with Gasteiger partial charge in [0.1, 0.15) is 13.2 Å². The predicted octanol–water partition coefficient (Wildman–Crippen LogP) is -1.54. The molecule has 0 unspecified atom stereocenters. The molecule has 5 heteroatoms. The maximum Gasteiger partial charge on any atom is 0.306 e. The van der Waals surface area contributed by atoms with Crippen molar-refractivity contribution in [1.82, 2.24) is 0 Å². The van der Waals surface area contributed by atoms with Gasteiger partial charge < -0.3 is 33.2 Å². The molecule has 14 heavy (non-hydrogen) atoms. The molecule has 0 aliphatic heterocycles. The number of carbonyl (C=O) groups excluding carboxylic acids is 1. The van der Waals surface area contributed by atoms with Crippen molar-refractivity contribution >= 4 is 28.6 Å². The lowest BCUT2D eigenvalue weighted by molar-refractivity contribution is -0.870. The summed E-state index contributed by atoms with van der Waals surface area (Å²) < 4.78 is 6.91. The topological polar surface area (TPSA) is 26.3 Å². The second kappa shape index (κ2) is 9.14. The first-order chi connectivity index (χ1) is 5.95. The van der Waals surface area contributed by atoms with Crippen LogP contribution in [0.25, 0.3) is 0 Å². The number of hydrogen-bond donors (Lipinski definition) is 0. The van der Waals surface area contributed by atoms with E-state index in [1.54, 1.807) is 0 Å². The molecule has 0 aromatic carbocycles. The monoisotopic (exact) mass is 427 g/mol. The molecule has 0 aromatic rings. The molecule has 0 spiro atoms. The smallest absolute Gasteiger partial charge is 0.306 e. The largest absolute Gasteiger partial charge is 1.00 e. The van der Waals surface area contributed by atoms with Crippen molar-refractivity contribution < 1.29 is 38.0 Å². The number of likely N-dealkylation sites (N-methyl/N-ethyl adjacent to an activating group) is 1. The number of rotatable bonds is 6. The van der Waals surface area contributed by atoms with Gasteiger partial charge in [-0.15, -0.1) is 0 Å². The van der Waals surface area contributed by atoms with Crippen molar-refractivity contribution in [2.75, 3.05) is 38.7 Å². The molecule has 0 N–H and O–H groups in total. The molecule has 0 bridgehead atoms. The van der Waals surface area contributed by atoms with E-state index < -0.39 is 0 Å². The van der Waals surface area contributed by atoms with E-state index >= 15 is 0 Å². The Morgan fingerprint density at radius 1 is 1.36 bits per heavy atom. The first-order valence-corrected chi connectivity index (χ1v) is 6.00. The Morgan fingerprint density at radius 3 is 2.36 bits per heavy atom. The van der Waals surface area contributed by atoms with Gasteiger partial charge in [-0.3, -0.25) is 4.79 Å². The summed E-state index contributed by atoms with van der Waals surface area (Å²) in [6, 6.07) is 0. The zero-order chi connectivity index (χ0) is 10.3. The van der Waals surface area contributed by atoms with Crippen LogP contribution in [0.5, 0.6) is 0 Å². The molecule has 0 fully saturated rings. The van der Waals surface area contributed by atoms with E-state index in [0.717, 1.165) is 21.9 Å². The Morgan fingerprint density at radius 2 is 1.93 bits per heavy atom. The highest BCUT2D eigenvalue weighted by Gasteiger charge is 2.08. The summed E-state index contributed by atoms with van der Waals surface area (Å²) >= 11 is 2.26. The molecule has 0 aliphatic rings. The van der Waals surface area contributed by atoms with Gasteiger partial charge in [0.25, 0.3) is 0 Å². The number of carbonyl (C=O) groups is 1. The summed E-state index contributed by atoms with van der Waals surface area (Å²) in [7, 11) is 6.25. The summed E-state index contributed by atoms with van der Waals surface area (Å²) in [5.74, 6) is -0.0647. The van der Waals surface area contributed by atoms with E-state index in [1.807, 2.05) is 0 Å². The lowest BCUT2D eigenvalue weighted by Crippen LogP contribution is -3.00. The van der Waals surface area contributed by atoms with Crippen LogP contribution >= 0.6 is 22.6 Å². The Bertz CT molecular complexity index is 157. The lowest BCUT2D eigenvalue weighted by Gasteiger charge is -2.23. The van der Waals surface area contributed by atoms with E-state index in [2.05, 4.69) is 43.7 Å². The highest BCUT2D eigenvalue weighted by Crippen LogP contribution is 1.97. The Hall–Kier alpha value is 0.890. The second-order valence-electron chi connectivity index (χ2n) is 4.03. The van der Waals surface area contributed by atoms with E-state index in [1.165, 1.54) is 0 Å². The van der Waals surface area contributed by atoms with Crippen LogP contribution in [0, 0.1) is 0 Å². The molecule has 0 saturated carbocycles. The van der Waals surface area contributed by atoms with Crippen molar-refractivity contribution in [2.24, 2.45) is 0 Å². The molecule has 86 valence electrons. The van der Waals surface area contributed by atoms with Crippen molar-refractivity contribution in [1.29, 1.82) is 0 Å². The summed E-state index contributed by atoms with van der Waals surface area (Å²) in [4.78, 5) is 11.1. The minimum absolute atomic E-state index is 0. The van der Waals surface area contributed by atoms with E-state index in [-0.39, 0.29) is 29.9 Å². The molecule has 0 saturated heterocycles. The Labute approximate surface area is 117 Å². The molecular formula is C9H19I2NO2. The quantitative estimate of drug-likeness (QED) is 0.222. The van der Waals surface area contributed by atoms with Gasteiger partial charge in [-0.2, -0.15) is 0 Å². The minimum Gasteiger partial charge on any atom is -1.00 e. The third kappa shape index (κ3) is 12.9. The number of hydrogen-bond acceptors (Lipinski definition) is 2. The molecule has 0 rings (SSSR count). The third-order valence-electron chi connectivity index (χ3n) is 1.54. The zero-order valence-electron chi connectivity index (χ0n) is 9.06. The van der Waals surface area contributed by atoms with Crippen LogP contribution in [-0.2, 0) is 9.53 Å². The highest BCUT2D eigenvalue weighted by molar-refractivity contribution is 14.1. The van der Waals surface area contributed by atoms with E-state index in [4.69, 9.17) is 4.74 Å². The van der Waals surface area contributed by atoms with Crippen LogP contribution in [0.4, 0.5) is 0 Å². The summed E-state index contributed by atoms with van der Waals surface area (Å²) in [5.41, 5.74) is 0. The first-order valence-electron chi connectivity index (χ1n) is 4.48.